The average molecular weight is 213 g/mol. The van der Waals surface area contributed by atoms with Gasteiger partial charge in [-0.1, -0.05) is 18.2 Å². The van der Waals surface area contributed by atoms with Crippen LogP contribution in [0.4, 0.5) is 13.2 Å². The van der Waals surface area contributed by atoms with E-state index in [0.29, 0.717) is 6.08 Å². The Bertz CT molecular complexity index is 429. The van der Waals surface area contributed by atoms with Gasteiger partial charge < -0.3 is 5.11 Å². The summed E-state index contributed by atoms with van der Waals surface area (Å²) in [5.41, 5.74) is -1.36. The lowest BCUT2D eigenvalue weighted by Gasteiger charge is -2.11. The molecule has 0 aliphatic rings. The number of alkyl halides is 3. The molecule has 0 saturated heterocycles. The molecule has 78 valence electrons. The first-order valence-corrected chi connectivity index (χ1v) is 3.92. The average Bonchev–Trinajstić information content (AvgIpc) is 2.17. The summed E-state index contributed by atoms with van der Waals surface area (Å²) in [6.45, 7) is 0. The van der Waals surface area contributed by atoms with Crippen LogP contribution in [0.2, 0.25) is 0 Å². The molecule has 0 saturated carbocycles. The molecule has 1 aromatic rings. The predicted molar refractivity (Wildman–Crippen MR) is 47.7 cm³/mol. The van der Waals surface area contributed by atoms with Crippen molar-refractivity contribution in [2.24, 2.45) is 0 Å². The molecule has 0 radical (unpaired) electrons. The van der Waals surface area contributed by atoms with Crippen LogP contribution in [-0.2, 0) is 6.18 Å². The zero-order valence-corrected chi connectivity index (χ0v) is 7.42. The first-order chi connectivity index (χ1) is 6.96. The van der Waals surface area contributed by atoms with Crippen molar-refractivity contribution in [3.05, 3.63) is 41.5 Å². The minimum Gasteiger partial charge on any atom is -0.507 e. The third kappa shape index (κ3) is 2.50. The van der Waals surface area contributed by atoms with E-state index in [0.717, 1.165) is 12.1 Å². The van der Waals surface area contributed by atoms with Crippen molar-refractivity contribution in [1.82, 2.24) is 0 Å². The Morgan fingerprint density at radius 1 is 1.33 bits per heavy atom. The quantitative estimate of drug-likeness (QED) is 0.575. The van der Waals surface area contributed by atoms with Gasteiger partial charge >= 0.3 is 6.18 Å². The van der Waals surface area contributed by atoms with Crippen LogP contribution >= 0.6 is 0 Å². The Kier molecular flexibility index (Phi) is 3.00. The molecule has 15 heavy (non-hydrogen) atoms. The van der Waals surface area contributed by atoms with Crippen LogP contribution in [0.1, 0.15) is 11.1 Å². The zero-order valence-electron chi connectivity index (χ0n) is 7.42. The topological polar surface area (TPSA) is 44.0 Å². The van der Waals surface area contributed by atoms with E-state index in [9.17, 15) is 18.3 Å². The fourth-order valence-corrected chi connectivity index (χ4v) is 1.09. The molecule has 0 bridgehead atoms. The van der Waals surface area contributed by atoms with Crippen molar-refractivity contribution >= 4 is 5.76 Å². The molecule has 1 N–H and O–H groups in total. The molecule has 0 aliphatic heterocycles. The molecular weight excluding hydrogens is 207 g/mol. The number of benzene rings is 1. The van der Waals surface area contributed by atoms with Crippen molar-refractivity contribution in [3.63, 3.8) is 0 Å². The lowest BCUT2D eigenvalue weighted by molar-refractivity contribution is -0.137. The summed E-state index contributed by atoms with van der Waals surface area (Å²) >= 11 is 0. The van der Waals surface area contributed by atoms with Gasteiger partial charge in [0.1, 0.15) is 5.76 Å². The molecule has 0 aromatic heterocycles. The second-order valence-corrected chi connectivity index (χ2v) is 2.70. The summed E-state index contributed by atoms with van der Waals surface area (Å²) in [5.74, 6) is -0.689. The number of nitrogens with zero attached hydrogens (tertiary/aromatic N) is 1. The molecule has 0 heterocycles. The molecule has 1 aromatic carbocycles. The van der Waals surface area contributed by atoms with Crippen molar-refractivity contribution in [1.29, 1.82) is 5.26 Å². The summed E-state index contributed by atoms with van der Waals surface area (Å²) in [7, 11) is 0. The van der Waals surface area contributed by atoms with E-state index >= 15 is 0 Å². The van der Waals surface area contributed by atoms with E-state index in [2.05, 4.69) is 0 Å². The number of aliphatic hydroxyl groups excluding tert-OH is 1. The van der Waals surface area contributed by atoms with Gasteiger partial charge in [0.05, 0.1) is 17.7 Å². The van der Waals surface area contributed by atoms with E-state index in [1.54, 1.807) is 0 Å². The summed E-state index contributed by atoms with van der Waals surface area (Å²) < 4.78 is 37.3. The number of aliphatic hydroxyl groups is 1. The first kappa shape index (κ1) is 11.1. The van der Waals surface area contributed by atoms with Crippen LogP contribution in [-0.4, -0.2) is 5.11 Å². The number of allylic oxidation sites excluding steroid dienone is 1. The van der Waals surface area contributed by atoms with Crippen molar-refractivity contribution in [3.8, 4) is 6.07 Å². The van der Waals surface area contributed by atoms with E-state index in [1.807, 2.05) is 0 Å². The Morgan fingerprint density at radius 2 is 1.93 bits per heavy atom. The van der Waals surface area contributed by atoms with Gasteiger partial charge in [-0.3, -0.25) is 0 Å². The number of halogens is 3. The van der Waals surface area contributed by atoms with Gasteiger partial charge in [0, 0.05) is 5.56 Å². The number of hydrogen-bond acceptors (Lipinski definition) is 2. The van der Waals surface area contributed by atoms with Gasteiger partial charge in [-0.05, 0) is 6.07 Å². The largest absolute Gasteiger partial charge is 0.507 e. The first-order valence-electron chi connectivity index (χ1n) is 3.92. The maximum Gasteiger partial charge on any atom is 0.417 e. The highest BCUT2D eigenvalue weighted by molar-refractivity contribution is 5.64. The van der Waals surface area contributed by atoms with Crippen LogP contribution in [0, 0.1) is 11.3 Å². The number of rotatable bonds is 1. The summed E-state index contributed by atoms with van der Waals surface area (Å²) in [6.07, 6.45) is -3.89. The molecule has 0 aliphatic carbocycles. The molecule has 1 rings (SSSR count). The van der Waals surface area contributed by atoms with Gasteiger partial charge in [-0.2, -0.15) is 18.4 Å². The van der Waals surface area contributed by atoms with E-state index in [4.69, 9.17) is 5.26 Å². The summed E-state index contributed by atoms with van der Waals surface area (Å²) in [5, 5.41) is 17.4. The van der Waals surface area contributed by atoms with Gasteiger partial charge in [-0.15, -0.1) is 0 Å². The molecule has 2 nitrogen and oxygen atoms in total. The highest BCUT2D eigenvalue weighted by atomic mass is 19.4. The molecule has 0 spiro atoms. The Balaban J connectivity index is 3.32. The summed E-state index contributed by atoms with van der Waals surface area (Å²) in [6, 6.07) is 5.98. The van der Waals surface area contributed by atoms with Gasteiger partial charge in [0.25, 0.3) is 0 Å². The van der Waals surface area contributed by atoms with Gasteiger partial charge in [-0.25, -0.2) is 0 Å². The molecule has 0 amide bonds. The lowest BCUT2D eigenvalue weighted by atomic mass is 10.1. The van der Waals surface area contributed by atoms with Crippen LogP contribution in [0.5, 0.6) is 0 Å². The number of nitriles is 1. The molecular formula is C10H6F3NO. The Morgan fingerprint density at radius 3 is 2.47 bits per heavy atom. The highest BCUT2D eigenvalue weighted by Gasteiger charge is 2.33. The fourth-order valence-electron chi connectivity index (χ4n) is 1.09. The third-order valence-corrected chi connectivity index (χ3v) is 1.71. The van der Waals surface area contributed by atoms with Crippen molar-refractivity contribution in [2.45, 2.75) is 6.18 Å². The standard InChI is InChI=1S/C10H6F3NO/c11-10(12,13)8-4-2-1-3-7(8)9(15)5-6-14/h1-5,15H. The fraction of sp³-hybridized carbons (Fsp3) is 0.100. The SMILES string of the molecule is N#CC=C(O)c1ccccc1C(F)(F)F. The van der Waals surface area contributed by atoms with Gasteiger partial charge in [0.15, 0.2) is 0 Å². The molecule has 0 fully saturated rings. The lowest BCUT2D eigenvalue weighted by Crippen LogP contribution is -2.08. The zero-order chi connectivity index (χ0) is 11.5. The molecule has 0 atom stereocenters. The maximum absolute atomic E-state index is 12.4. The Hall–Kier alpha value is -1.96. The molecule has 5 heteroatoms. The van der Waals surface area contributed by atoms with Crippen LogP contribution in [0.15, 0.2) is 30.3 Å². The smallest absolute Gasteiger partial charge is 0.417 e. The predicted octanol–water partition coefficient (Wildman–Crippen LogP) is 3.13. The second kappa shape index (κ2) is 4.05. The van der Waals surface area contributed by atoms with Crippen molar-refractivity contribution < 1.29 is 18.3 Å². The second-order valence-electron chi connectivity index (χ2n) is 2.70. The highest BCUT2D eigenvalue weighted by Crippen LogP contribution is 2.33. The van der Waals surface area contributed by atoms with Crippen LogP contribution in [0.3, 0.4) is 0 Å². The van der Waals surface area contributed by atoms with Crippen LogP contribution < -0.4 is 0 Å². The Labute approximate surface area is 83.9 Å². The van der Waals surface area contributed by atoms with Crippen molar-refractivity contribution in [2.75, 3.05) is 0 Å². The van der Waals surface area contributed by atoms with Gasteiger partial charge in [0.2, 0.25) is 0 Å². The molecule has 0 unspecified atom stereocenters. The monoisotopic (exact) mass is 213 g/mol. The third-order valence-electron chi connectivity index (χ3n) is 1.71. The van der Waals surface area contributed by atoms with E-state index in [-0.39, 0.29) is 0 Å². The maximum atomic E-state index is 12.4. The van der Waals surface area contributed by atoms with E-state index in [1.165, 1.54) is 18.2 Å². The van der Waals surface area contributed by atoms with E-state index < -0.39 is 23.1 Å². The minimum atomic E-state index is -4.55. The summed E-state index contributed by atoms with van der Waals surface area (Å²) in [4.78, 5) is 0. The normalized spacial score (nSPS) is 12.3. The van der Waals surface area contributed by atoms with Crippen LogP contribution in [0.25, 0.3) is 5.76 Å². The number of hydrogen-bond donors (Lipinski definition) is 1. The minimum absolute atomic E-state index is 0.397.